The lowest BCUT2D eigenvalue weighted by molar-refractivity contribution is 0.219. The van der Waals surface area contributed by atoms with Crippen LogP contribution in [0.3, 0.4) is 0 Å². The van der Waals surface area contributed by atoms with Gasteiger partial charge in [0.05, 0.1) is 11.6 Å². The Labute approximate surface area is 196 Å². The van der Waals surface area contributed by atoms with Gasteiger partial charge in [-0.3, -0.25) is 4.90 Å². The van der Waals surface area contributed by atoms with E-state index in [-0.39, 0.29) is 0 Å². The third kappa shape index (κ3) is 4.75. The first-order chi connectivity index (χ1) is 16.2. The topological polar surface area (TPSA) is 27.0 Å². The molecule has 4 aromatic rings. The van der Waals surface area contributed by atoms with Gasteiger partial charge in [0.25, 0.3) is 0 Å². The minimum absolute atomic E-state index is 0.570. The highest BCUT2D eigenvalue weighted by Gasteiger charge is 2.24. The van der Waals surface area contributed by atoms with Gasteiger partial charge in [0, 0.05) is 19.6 Å². The molecule has 0 radical (unpaired) electrons. The first-order valence-electron chi connectivity index (χ1n) is 11.7. The highest BCUT2D eigenvalue weighted by Crippen LogP contribution is 2.32. The van der Waals surface area contributed by atoms with Gasteiger partial charge in [-0.2, -0.15) is 5.26 Å². The molecule has 4 aromatic carbocycles. The quantitative estimate of drug-likeness (QED) is 0.310. The van der Waals surface area contributed by atoms with E-state index in [9.17, 15) is 0 Å². The van der Waals surface area contributed by atoms with Crippen LogP contribution in [0.5, 0.6) is 0 Å². The molecule has 0 aliphatic carbocycles. The van der Waals surface area contributed by atoms with E-state index in [1.807, 2.05) is 18.2 Å². The largest absolute Gasteiger partial charge is 0.294 e. The number of hydrogen-bond donors (Lipinski definition) is 0. The Hall–Kier alpha value is -3.67. The fourth-order valence-electron chi connectivity index (χ4n) is 4.90. The Morgan fingerprint density at radius 1 is 0.879 bits per heavy atom. The third-order valence-electron chi connectivity index (χ3n) is 6.69. The molecule has 0 bridgehead atoms. The molecule has 0 amide bonds. The molecule has 0 saturated heterocycles. The maximum atomic E-state index is 9.10. The van der Waals surface area contributed by atoms with Crippen LogP contribution in [0.15, 0.2) is 84.9 Å². The van der Waals surface area contributed by atoms with E-state index >= 15 is 0 Å². The number of hydrogen-bond acceptors (Lipinski definition) is 2. The van der Waals surface area contributed by atoms with E-state index in [2.05, 4.69) is 96.8 Å². The summed E-state index contributed by atoms with van der Waals surface area (Å²) in [6, 6.07) is 32.2. The number of rotatable bonds is 5. The Balaban J connectivity index is 1.35. The Bertz CT molecular complexity index is 1340. The predicted octanol–water partition coefficient (Wildman–Crippen LogP) is 7.39. The summed E-state index contributed by atoms with van der Waals surface area (Å²) in [5.41, 5.74) is 7.48. The van der Waals surface area contributed by atoms with Crippen molar-refractivity contribution in [2.24, 2.45) is 0 Å². The summed E-state index contributed by atoms with van der Waals surface area (Å²) in [7, 11) is 0. The van der Waals surface area contributed by atoms with Crippen molar-refractivity contribution in [2.45, 2.75) is 32.4 Å². The second kappa shape index (κ2) is 9.45. The third-order valence-corrected chi connectivity index (χ3v) is 6.69. The van der Waals surface area contributed by atoms with Crippen LogP contribution in [-0.2, 0) is 13.1 Å². The lowest BCUT2D eigenvalue weighted by atomic mass is 9.86. The molecule has 0 N–H and O–H groups in total. The molecule has 1 atom stereocenters. The van der Waals surface area contributed by atoms with Gasteiger partial charge in [-0.1, -0.05) is 85.8 Å². The molecule has 0 saturated carbocycles. The summed E-state index contributed by atoms with van der Waals surface area (Å²) in [5.74, 6) is 0.570. The van der Waals surface area contributed by atoms with Crippen LogP contribution in [-0.4, -0.2) is 11.4 Å². The maximum Gasteiger partial charge on any atom is 0.0991 e. The zero-order valence-electron chi connectivity index (χ0n) is 19.0. The molecule has 33 heavy (non-hydrogen) atoms. The van der Waals surface area contributed by atoms with E-state index in [1.165, 1.54) is 27.8 Å². The Morgan fingerprint density at radius 2 is 1.61 bits per heavy atom. The second-order valence-corrected chi connectivity index (χ2v) is 8.99. The lowest BCUT2D eigenvalue weighted by Crippen LogP contribution is -2.33. The first-order valence-corrected chi connectivity index (χ1v) is 11.7. The van der Waals surface area contributed by atoms with Gasteiger partial charge >= 0.3 is 0 Å². The monoisotopic (exact) mass is 428 g/mol. The van der Waals surface area contributed by atoms with Gasteiger partial charge in [0.2, 0.25) is 0 Å². The standard InChI is InChI=1S/C31H28N2/c1-2-27-21-33(20-25-6-4-3-5-7-25)22-30-15-11-24(18-31(27)30)9-8-23-10-13-29-17-26(19-32)12-14-28(29)16-23/h3-18,27H,2,20-22H2,1H3. The average Bonchev–Trinajstić information content (AvgIpc) is 2.87. The zero-order valence-corrected chi connectivity index (χ0v) is 19.0. The summed E-state index contributed by atoms with van der Waals surface area (Å²) in [6.45, 7) is 5.44. The maximum absolute atomic E-state index is 9.10. The van der Waals surface area contributed by atoms with Crippen LogP contribution < -0.4 is 0 Å². The fraction of sp³-hybridized carbons (Fsp3) is 0.194. The smallest absolute Gasteiger partial charge is 0.0991 e. The van der Waals surface area contributed by atoms with E-state index in [0.29, 0.717) is 11.5 Å². The Morgan fingerprint density at radius 3 is 2.39 bits per heavy atom. The lowest BCUT2D eigenvalue weighted by Gasteiger charge is -2.34. The van der Waals surface area contributed by atoms with E-state index in [1.54, 1.807) is 0 Å². The second-order valence-electron chi connectivity index (χ2n) is 8.99. The number of fused-ring (bicyclic) bond motifs is 2. The minimum Gasteiger partial charge on any atom is -0.294 e. The molecule has 5 rings (SSSR count). The van der Waals surface area contributed by atoms with Gasteiger partial charge < -0.3 is 0 Å². The number of benzene rings is 4. The van der Waals surface area contributed by atoms with Crippen LogP contribution in [0, 0.1) is 11.3 Å². The number of nitriles is 1. The van der Waals surface area contributed by atoms with Gasteiger partial charge in [-0.15, -0.1) is 0 Å². The van der Waals surface area contributed by atoms with Crippen molar-refractivity contribution in [2.75, 3.05) is 6.54 Å². The molecular weight excluding hydrogens is 400 g/mol. The van der Waals surface area contributed by atoms with Crippen LogP contribution >= 0.6 is 0 Å². The zero-order chi connectivity index (χ0) is 22.6. The molecule has 2 heteroatoms. The van der Waals surface area contributed by atoms with Crippen molar-refractivity contribution >= 4 is 22.9 Å². The summed E-state index contributed by atoms with van der Waals surface area (Å²) >= 11 is 0. The molecule has 1 unspecified atom stereocenters. The van der Waals surface area contributed by atoms with E-state index in [0.717, 1.165) is 36.8 Å². The molecule has 1 heterocycles. The molecule has 0 aromatic heterocycles. The van der Waals surface area contributed by atoms with Crippen LogP contribution in [0.25, 0.3) is 22.9 Å². The van der Waals surface area contributed by atoms with Gasteiger partial charge in [0.15, 0.2) is 0 Å². The van der Waals surface area contributed by atoms with Crippen molar-refractivity contribution in [3.05, 3.63) is 118 Å². The van der Waals surface area contributed by atoms with E-state index < -0.39 is 0 Å². The molecule has 2 nitrogen and oxygen atoms in total. The van der Waals surface area contributed by atoms with Crippen molar-refractivity contribution in [1.29, 1.82) is 5.26 Å². The van der Waals surface area contributed by atoms with Crippen LogP contribution in [0.4, 0.5) is 0 Å². The number of nitrogens with zero attached hydrogens (tertiary/aromatic N) is 2. The first kappa shape index (κ1) is 21.2. The molecular formula is C31H28N2. The summed E-state index contributed by atoms with van der Waals surface area (Å²) < 4.78 is 0. The SMILES string of the molecule is CCC1CN(Cc2ccccc2)Cc2ccc(C=Cc3ccc4cc(C#N)ccc4c3)cc21. The fourth-order valence-corrected chi connectivity index (χ4v) is 4.90. The highest BCUT2D eigenvalue weighted by molar-refractivity contribution is 5.87. The summed E-state index contributed by atoms with van der Waals surface area (Å²) in [4.78, 5) is 2.58. The summed E-state index contributed by atoms with van der Waals surface area (Å²) in [6.07, 6.45) is 5.56. The van der Waals surface area contributed by atoms with Crippen molar-refractivity contribution < 1.29 is 0 Å². The molecule has 1 aliphatic rings. The Kier molecular flexibility index (Phi) is 6.07. The van der Waals surface area contributed by atoms with Gasteiger partial charge in [-0.05, 0) is 69.1 Å². The van der Waals surface area contributed by atoms with Gasteiger partial charge in [-0.25, -0.2) is 0 Å². The van der Waals surface area contributed by atoms with Crippen LogP contribution in [0.2, 0.25) is 0 Å². The molecule has 162 valence electrons. The van der Waals surface area contributed by atoms with Crippen molar-refractivity contribution in [1.82, 2.24) is 4.90 Å². The highest BCUT2D eigenvalue weighted by atomic mass is 15.1. The minimum atomic E-state index is 0.570. The van der Waals surface area contributed by atoms with Gasteiger partial charge in [0.1, 0.15) is 0 Å². The van der Waals surface area contributed by atoms with Crippen molar-refractivity contribution in [3.63, 3.8) is 0 Å². The molecule has 0 fully saturated rings. The summed E-state index contributed by atoms with van der Waals surface area (Å²) in [5, 5.41) is 11.4. The predicted molar refractivity (Wildman–Crippen MR) is 138 cm³/mol. The van der Waals surface area contributed by atoms with E-state index in [4.69, 9.17) is 5.26 Å². The molecule has 0 spiro atoms. The average molecular weight is 429 g/mol. The van der Waals surface area contributed by atoms with Crippen LogP contribution in [0.1, 0.15) is 52.6 Å². The van der Waals surface area contributed by atoms with Crippen molar-refractivity contribution in [3.8, 4) is 6.07 Å². The molecule has 1 aliphatic heterocycles. The normalized spacial score (nSPS) is 16.1.